The van der Waals surface area contributed by atoms with Crippen LogP contribution in [0.5, 0.6) is 0 Å². The Balaban J connectivity index is 2.26. The number of hydrogen-bond donors (Lipinski definition) is 0. The van der Waals surface area contributed by atoms with Crippen molar-refractivity contribution in [3.63, 3.8) is 0 Å². The number of halogens is 1. The molecule has 1 aromatic carbocycles. The summed E-state index contributed by atoms with van der Waals surface area (Å²) in [6.45, 7) is 2.04. The fourth-order valence-electron chi connectivity index (χ4n) is 1.81. The smallest absolute Gasteiger partial charge is 0.182 e. The average molecular weight is 244 g/mol. The molecule has 0 spiro atoms. The van der Waals surface area contributed by atoms with E-state index in [0.29, 0.717) is 11.0 Å². The maximum absolute atomic E-state index is 6.06. The molecule has 0 fully saturated rings. The summed E-state index contributed by atoms with van der Waals surface area (Å²) in [4.78, 5) is 4.47. The number of nitrogens with zero attached hydrogens (tertiary/aromatic N) is 3. The van der Waals surface area contributed by atoms with Crippen LogP contribution < -0.4 is 0 Å². The largest absolute Gasteiger partial charge is 0.207 e. The van der Waals surface area contributed by atoms with Crippen LogP contribution in [0.2, 0.25) is 5.15 Å². The summed E-state index contributed by atoms with van der Waals surface area (Å²) in [6, 6.07) is 13.6. The molecule has 0 aliphatic carbocycles. The maximum Gasteiger partial charge on any atom is 0.182 e. The summed E-state index contributed by atoms with van der Waals surface area (Å²) >= 11 is 6.06. The predicted octanol–water partition coefficient (Wildman–Crippen LogP) is 3.36. The van der Waals surface area contributed by atoms with E-state index in [4.69, 9.17) is 11.6 Å². The van der Waals surface area contributed by atoms with Crippen molar-refractivity contribution in [3.05, 3.63) is 53.2 Å². The zero-order valence-electron chi connectivity index (χ0n) is 9.26. The molecule has 2 aromatic heterocycles. The van der Waals surface area contributed by atoms with Crippen LogP contribution in [-0.4, -0.2) is 14.6 Å². The third kappa shape index (κ3) is 1.68. The van der Waals surface area contributed by atoms with Gasteiger partial charge in [0.1, 0.15) is 5.15 Å². The number of aryl methyl sites for hydroxylation is 1. The van der Waals surface area contributed by atoms with E-state index in [1.165, 1.54) is 0 Å². The number of hydrogen-bond acceptors (Lipinski definition) is 2. The van der Waals surface area contributed by atoms with Crippen LogP contribution in [0.3, 0.4) is 0 Å². The van der Waals surface area contributed by atoms with Gasteiger partial charge in [0, 0.05) is 5.56 Å². The minimum Gasteiger partial charge on any atom is -0.207 e. The van der Waals surface area contributed by atoms with Gasteiger partial charge in [-0.2, -0.15) is 0 Å². The second-order valence-corrected chi connectivity index (χ2v) is 4.26. The summed E-state index contributed by atoms with van der Waals surface area (Å²) in [6.07, 6.45) is 0. The lowest BCUT2D eigenvalue weighted by atomic mass is 10.1. The molecule has 0 bridgehead atoms. The Morgan fingerprint density at radius 1 is 1.06 bits per heavy atom. The molecule has 0 atom stereocenters. The number of benzene rings is 1. The fourth-order valence-corrected chi connectivity index (χ4v) is 2.01. The highest BCUT2D eigenvalue weighted by atomic mass is 35.5. The van der Waals surface area contributed by atoms with E-state index < -0.39 is 0 Å². The van der Waals surface area contributed by atoms with E-state index in [2.05, 4.69) is 10.1 Å². The van der Waals surface area contributed by atoms with Crippen molar-refractivity contribution in [1.82, 2.24) is 14.6 Å². The number of rotatable bonds is 1. The molecule has 0 radical (unpaired) electrons. The Kier molecular flexibility index (Phi) is 2.34. The van der Waals surface area contributed by atoms with Gasteiger partial charge in [-0.15, -0.1) is 5.10 Å². The van der Waals surface area contributed by atoms with Gasteiger partial charge in [0.15, 0.2) is 11.5 Å². The lowest BCUT2D eigenvalue weighted by Crippen LogP contribution is -1.89. The van der Waals surface area contributed by atoms with Crippen molar-refractivity contribution in [2.24, 2.45) is 0 Å². The Morgan fingerprint density at radius 3 is 2.65 bits per heavy atom. The van der Waals surface area contributed by atoms with Crippen LogP contribution in [0.25, 0.3) is 17.0 Å². The Labute approximate surface area is 104 Å². The molecule has 2 heterocycles. The van der Waals surface area contributed by atoms with Gasteiger partial charge >= 0.3 is 0 Å². The van der Waals surface area contributed by atoms with E-state index in [1.54, 1.807) is 10.6 Å². The van der Waals surface area contributed by atoms with Crippen molar-refractivity contribution in [2.45, 2.75) is 6.92 Å². The molecule has 17 heavy (non-hydrogen) atoms. The quantitative estimate of drug-likeness (QED) is 0.614. The Hall–Kier alpha value is -1.87. The molecule has 0 aliphatic heterocycles. The van der Waals surface area contributed by atoms with Crippen LogP contribution in [0.4, 0.5) is 0 Å². The van der Waals surface area contributed by atoms with Crippen molar-refractivity contribution < 1.29 is 0 Å². The molecule has 0 aliphatic rings. The van der Waals surface area contributed by atoms with Gasteiger partial charge in [-0.1, -0.05) is 41.9 Å². The minimum absolute atomic E-state index is 0.565. The molecule has 3 aromatic rings. The summed E-state index contributed by atoms with van der Waals surface area (Å²) in [5.41, 5.74) is 2.95. The standard InChI is InChI=1S/C13H10ClN3/c1-9-5-2-3-6-10(9)13-15-12-8-4-7-11(14)17(12)16-13/h2-8H,1H3. The monoisotopic (exact) mass is 243 g/mol. The first kappa shape index (κ1) is 10.3. The summed E-state index contributed by atoms with van der Waals surface area (Å²) in [7, 11) is 0. The molecule has 4 heteroatoms. The van der Waals surface area contributed by atoms with Gasteiger partial charge < -0.3 is 0 Å². The molecule has 0 unspecified atom stereocenters. The van der Waals surface area contributed by atoms with Crippen LogP contribution in [0.15, 0.2) is 42.5 Å². The van der Waals surface area contributed by atoms with Crippen LogP contribution in [0, 0.1) is 6.92 Å². The van der Waals surface area contributed by atoms with Gasteiger partial charge in [-0.3, -0.25) is 0 Å². The molecule has 3 nitrogen and oxygen atoms in total. The predicted molar refractivity (Wildman–Crippen MR) is 68.2 cm³/mol. The van der Waals surface area contributed by atoms with Gasteiger partial charge in [0.2, 0.25) is 0 Å². The van der Waals surface area contributed by atoms with Gasteiger partial charge in [0.05, 0.1) is 0 Å². The van der Waals surface area contributed by atoms with Crippen LogP contribution >= 0.6 is 11.6 Å². The second kappa shape index (κ2) is 3.86. The molecule has 0 saturated heterocycles. The Bertz CT molecular complexity index is 688. The normalized spacial score (nSPS) is 10.9. The maximum atomic E-state index is 6.06. The summed E-state index contributed by atoms with van der Waals surface area (Å²) in [5.74, 6) is 0.705. The molecular weight excluding hydrogens is 234 g/mol. The van der Waals surface area contributed by atoms with E-state index >= 15 is 0 Å². The molecular formula is C13H10ClN3. The van der Waals surface area contributed by atoms with Crippen molar-refractivity contribution in [1.29, 1.82) is 0 Å². The lowest BCUT2D eigenvalue weighted by Gasteiger charge is -1.98. The number of aromatic nitrogens is 3. The molecule has 0 saturated carbocycles. The first-order valence-corrected chi connectivity index (χ1v) is 5.71. The fraction of sp³-hybridized carbons (Fsp3) is 0.0769. The van der Waals surface area contributed by atoms with Gasteiger partial charge in [-0.05, 0) is 24.6 Å². The van der Waals surface area contributed by atoms with Crippen molar-refractivity contribution in [2.75, 3.05) is 0 Å². The third-order valence-electron chi connectivity index (χ3n) is 2.70. The summed E-state index contributed by atoms with van der Waals surface area (Å²) < 4.78 is 1.64. The zero-order valence-corrected chi connectivity index (χ0v) is 10.0. The molecule has 0 N–H and O–H groups in total. The zero-order chi connectivity index (χ0) is 11.8. The lowest BCUT2D eigenvalue weighted by molar-refractivity contribution is 0.966. The first-order chi connectivity index (χ1) is 8.25. The van der Waals surface area contributed by atoms with Crippen LogP contribution in [-0.2, 0) is 0 Å². The Morgan fingerprint density at radius 2 is 1.88 bits per heavy atom. The van der Waals surface area contributed by atoms with E-state index in [-0.39, 0.29) is 0 Å². The molecule has 0 amide bonds. The minimum atomic E-state index is 0.565. The highest BCUT2D eigenvalue weighted by Gasteiger charge is 2.09. The van der Waals surface area contributed by atoms with Crippen molar-refractivity contribution >= 4 is 17.2 Å². The van der Waals surface area contributed by atoms with Gasteiger partial charge in [-0.25, -0.2) is 9.50 Å². The molecule has 84 valence electrons. The second-order valence-electron chi connectivity index (χ2n) is 3.87. The third-order valence-corrected chi connectivity index (χ3v) is 2.99. The van der Waals surface area contributed by atoms with Crippen LogP contribution in [0.1, 0.15) is 5.56 Å². The van der Waals surface area contributed by atoms with E-state index in [9.17, 15) is 0 Å². The topological polar surface area (TPSA) is 30.2 Å². The molecule has 3 rings (SSSR count). The van der Waals surface area contributed by atoms with E-state index in [0.717, 1.165) is 16.8 Å². The first-order valence-electron chi connectivity index (χ1n) is 5.33. The van der Waals surface area contributed by atoms with E-state index in [1.807, 2.05) is 43.3 Å². The SMILES string of the molecule is Cc1ccccc1-c1nc2cccc(Cl)n2n1. The van der Waals surface area contributed by atoms with Crippen molar-refractivity contribution in [3.8, 4) is 11.4 Å². The van der Waals surface area contributed by atoms with Gasteiger partial charge in [0.25, 0.3) is 0 Å². The average Bonchev–Trinajstić information content (AvgIpc) is 2.75. The number of fused-ring (bicyclic) bond motifs is 1. The number of pyridine rings is 1. The highest BCUT2D eigenvalue weighted by molar-refractivity contribution is 6.29. The highest BCUT2D eigenvalue weighted by Crippen LogP contribution is 2.21. The summed E-state index contributed by atoms with van der Waals surface area (Å²) in [5, 5.41) is 4.98.